The van der Waals surface area contributed by atoms with E-state index in [4.69, 9.17) is 10.2 Å². The Bertz CT molecular complexity index is 366. The third kappa shape index (κ3) is 1.67. The minimum atomic E-state index is 0.239. The van der Waals surface area contributed by atoms with E-state index in [1.165, 1.54) is 11.0 Å². The fourth-order valence-corrected chi connectivity index (χ4v) is 0.826. The van der Waals surface area contributed by atoms with Crippen molar-refractivity contribution in [3.63, 3.8) is 0 Å². The molecule has 2 heterocycles. The molecular weight excluding hydrogens is 174 g/mol. The quantitative estimate of drug-likeness (QED) is 0.617. The normalized spacial score (nSPS) is 10.5. The SMILES string of the molecule is NCc1nnc(Cn2cnnn2)o1. The Morgan fingerprint density at radius 1 is 1.38 bits per heavy atom. The fourth-order valence-electron chi connectivity index (χ4n) is 0.826. The Morgan fingerprint density at radius 3 is 2.85 bits per heavy atom. The van der Waals surface area contributed by atoms with Crippen LogP contribution in [0.5, 0.6) is 0 Å². The van der Waals surface area contributed by atoms with Gasteiger partial charge in [0.05, 0.1) is 6.54 Å². The summed E-state index contributed by atoms with van der Waals surface area (Å²) in [6.45, 7) is 0.600. The van der Waals surface area contributed by atoms with Gasteiger partial charge in [0, 0.05) is 0 Å². The highest BCUT2D eigenvalue weighted by molar-refractivity contribution is 4.80. The molecule has 0 amide bonds. The van der Waals surface area contributed by atoms with Crippen molar-refractivity contribution in [2.75, 3.05) is 0 Å². The second-order valence-corrected chi connectivity index (χ2v) is 2.30. The van der Waals surface area contributed by atoms with E-state index < -0.39 is 0 Å². The lowest BCUT2D eigenvalue weighted by Crippen LogP contribution is -2.00. The summed E-state index contributed by atoms with van der Waals surface area (Å²) in [6.07, 6.45) is 1.46. The molecular formula is C5H7N7O. The van der Waals surface area contributed by atoms with E-state index in [1.54, 1.807) is 0 Å². The molecule has 0 spiro atoms. The van der Waals surface area contributed by atoms with Gasteiger partial charge in [-0.25, -0.2) is 4.68 Å². The van der Waals surface area contributed by atoms with Crippen LogP contribution in [0.4, 0.5) is 0 Å². The van der Waals surface area contributed by atoms with Crippen LogP contribution in [0, 0.1) is 0 Å². The largest absolute Gasteiger partial charge is 0.422 e. The Balaban J connectivity index is 2.10. The Morgan fingerprint density at radius 2 is 2.23 bits per heavy atom. The molecule has 2 aromatic heterocycles. The standard InChI is InChI=1S/C5H7N7O/c6-1-4-8-9-5(13-4)2-12-3-7-10-11-12/h3H,1-2,6H2. The van der Waals surface area contributed by atoms with E-state index >= 15 is 0 Å². The summed E-state index contributed by atoms with van der Waals surface area (Å²) < 4.78 is 6.62. The molecule has 0 radical (unpaired) electrons. The minimum absolute atomic E-state index is 0.239. The Labute approximate surface area is 72.7 Å². The maximum absolute atomic E-state index is 5.29. The number of hydrogen-bond acceptors (Lipinski definition) is 7. The van der Waals surface area contributed by atoms with Crippen molar-refractivity contribution >= 4 is 0 Å². The van der Waals surface area contributed by atoms with Gasteiger partial charge in [0.2, 0.25) is 11.8 Å². The highest BCUT2D eigenvalue weighted by Gasteiger charge is 2.05. The first-order valence-corrected chi connectivity index (χ1v) is 3.60. The van der Waals surface area contributed by atoms with Gasteiger partial charge in [-0.15, -0.1) is 15.3 Å². The van der Waals surface area contributed by atoms with E-state index in [-0.39, 0.29) is 6.54 Å². The average molecular weight is 181 g/mol. The van der Waals surface area contributed by atoms with Crippen LogP contribution in [0.15, 0.2) is 10.7 Å². The first kappa shape index (κ1) is 7.80. The van der Waals surface area contributed by atoms with Gasteiger partial charge in [-0.3, -0.25) is 0 Å². The second kappa shape index (κ2) is 3.27. The number of nitrogens with zero attached hydrogens (tertiary/aromatic N) is 6. The van der Waals surface area contributed by atoms with Crippen molar-refractivity contribution in [3.05, 3.63) is 18.1 Å². The summed E-state index contributed by atoms with van der Waals surface area (Å²) in [7, 11) is 0. The molecule has 0 saturated carbocycles. The molecule has 2 N–H and O–H groups in total. The van der Waals surface area contributed by atoms with E-state index in [0.29, 0.717) is 18.3 Å². The predicted octanol–water partition coefficient (Wildman–Crippen LogP) is -1.44. The van der Waals surface area contributed by atoms with Crippen molar-refractivity contribution in [2.24, 2.45) is 5.73 Å². The number of rotatable bonds is 3. The lowest BCUT2D eigenvalue weighted by Gasteiger charge is -1.90. The number of tetrazole rings is 1. The molecule has 8 nitrogen and oxygen atoms in total. The summed E-state index contributed by atoms with van der Waals surface area (Å²) in [4.78, 5) is 0. The van der Waals surface area contributed by atoms with E-state index in [9.17, 15) is 0 Å². The van der Waals surface area contributed by atoms with Gasteiger partial charge in [0.1, 0.15) is 12.9 Å². The molecule has 0 saturated heterocycles. The second-order valence-electron chi connectivity index (χ2n) is 2.30. The third-order valence-corrected chi connectivity index (χ3v) is 1.37. The zero-order valence-corrected chi connectivity index (χ0v) is 6.66. The monoisotopic (exact) mass is 181 g/mol. The van der Waals surface area contributed by atoms with Gasteiger partial charge >= 0.3 is 0 Å². The van der Waals surface area contributed by atoms with Gasteiger partial charge in [-0.05, 0) is 10.4 Å². The predicted molar refractivity (Wildman–Crippen MR) is 39.1 cm³/mol. The van der Waals surface area contributed by atoms with Crippen molar-refractivity contribution in [3.8, 4) is 0 Å². The lowest BCUT2D eigenvalue weighted by molar-refractivity contribution is 0.428. The van der Waals surface area contributed by atoms with Crippen molar-refractivity contribution < 1.29 is 4.42 Å². The molecule has 2 rings (SSSR count). The molecule has 0 aliphatic rings. The van der Waals surface area contributed by atoms with E-state index in [2.05, 4.69) is 25.7 Å². The molecule has 0 aromatic carbocycles. The molecule has 2 aromatic rings. The summed E-state index contributed by atoms with van der Waals surface area (Å²) in [5, 5.41) is 18.0. The zero-order valence-electron chi connectivity index (χ0n) is 6.66. The molecule has 0 unspecified atom stereocenters. The summed E-state index contributed by atoms with van der Waals surface area (Å²) in [5.74, 6) is 0.843. The number of hydrogen-bond donors (Lipinski definition) is 1. The van der Waals surface area contributed by atoms with Gasteiger partial charge in [-0.2, -0.15) is 0 Å². The van der Waals surface area contributed by atoms with Crippen LogP contribution in [0.3, 0.4) is 0 Å². The fraction of sp³-hybridized carbons (Fsp3) is 0.400. The number of aromatic nitrogens is 6. The summed E-state index contributed by atoms with van der Waals surface area (Å²) in [5.41, 5.74) is 5.29. The van der Waals surface area contributed by atoms with Crippen LogP contribution >= 0.6 is 0 Å². The number of nitrogens with two attached hydrogens (primary N) is 1. The van der Waals surface area contributed by atoms with Crippen LogP contribution < -0.4 is 5.73 Å². The molecule has 0 aliphatic carbocycles. The van der Waals surface area contributed by atoms with Crippen LogP contribution in [-0.2, 0) is 13.1 Å². The molecule has 0 atom stereocenters. The van der Waals surface area contributed by atoms with Gasteiger partial charge in [0.15, 0.2) is 0 Å². The van der Waals surface area contributed by atoms with E-state index in [1.807, 2.05) is 0 Å². The van der Waals surface area contributed by atoms with Gasteiger partial charge < -0.3 is 10.2 Å². The maximum Gasteiger partial charge on any atom is 0.238 e. The molecule has 0 fully saturated rings. The minimum Gasteiger partial charge on any atom is -0.422 e. The molecule has 13 heavy (non-hydrogen) atoms. The zero-order chi connectivity index (χ0) is 9.10. The van der Waals surface area contributed by atoms with Crippen molar-refractivity contribution in [1.29, 1.82) is 0 Å². The maximum atomic E-state index is 5.29. The van der Waals surface area contributed by atoms with Gasteiger partial charge in [0.25, 0.3) is 0 Å². The Kier molecular flexibility index (Phi) is 1.96. The van der Waals surface area contributed by atoms with Crippen LogP contribution in [0.25, 0.3) is 0 Å². The van der Waals surface area contributed by atoms with E-state index in [0.717, 1.165) is 0 Å². The molecule has 8 heteroatoms. The average Bonchev–Trinajstić information content (AvgIpc) is 2.76. The first-order chi connectivity index (χ1) is 6.38. The highest BCUT2D eigenvalue weighted by Crippen LogP contribution is 1.99. The first-order valence-electron chi connectivity index (χ1n) is 3.60. The smallest absolute Gasteiger partial charge is 0.238 e. The van der Waals surface area contributed by atoms with Crippen LogP contribution in [0.2, 0.25) is 0 Å². The third-order valence-electron chi connectivity index (χ3n) is 1.37. The summed E-state index contributed by atoms with van der Waals surface area (Å²) >= 11 is 0. The van der Waals surface area contributed by atoms with Crippen molar-refractivity contribution in [1.82, 2.24) is 30.4 Å². The van der Waals surface area contributed by atoms with Gasteiger partial charge in [-0.1, -0.05) is 0 Å². The molecule has 68 valence electrons. The summed E-state index contributed by atoms with van der Waals surface area (Å²) in [6, 6.07) is 0. The Hall–Kier alpha value is -1.83. The topological polar surface area (TPSA) is 109 Å². The van der Waals surface area contributed by atoms with Crippen LogP contribution in [-0.4, -0.2) is 30.4 Å². The molecule has 0 bridgehead atoms. The lowest BCUT2D eigenvalue weighted by atomic mass is 10.6. The van der Waals surface area contributed by atoms with Crippen molar-refractivity contribution in [2.45, 2.75) is 13.1 Å². The molecule has 0 aliphatic heterocycles. The highest BCUT2D eigenvalue weighted by atomic mass is 16.4. The van der Waals surface area contributed by atoms with Crippen LogP contribution in [0.1, 0.15) is 11.8 Å².